The topological polar surface area (TPSA) is 0 Å². The third kappa shape index (κ3) is 9.71. The molecule has 0 saturated carbocycles. The van der Waals surface area contributed by atoms with Gasteiger partial charge in [0, 0.05) is 0 Å². The molecule has 0 aliphatic carbocycles. The van der Waals surface area contributed by atoms with E-state index in [9.17, 15) is 0 Å². The first kappa shape index (κ1) is 55.8. The van der Waals surface area contributed by atoms with Crippen LogP contribution in [-0.2, 0) is 0 Å². The maximum Gasteiger partial charge on any atom is -0.000138 e. The first-order chi connectivity index (χ1) is 46.7. The Hall–Kier alpha value is -12.2. The van der Waals surface area contributed by atoms with E-state index in [0.717, 1.165) is 77.2 Å². The van der Waals surface area contributed by atoms with Crippen molar-refractivity contribution in [2.45, 2.75) is 0 Å². The summed E-state index contributed by atoms with van der Waals surface area (Å²) in [5, 5.41) is 9.36. The highest BCUT2D eigenvalue weighted by Gasteiger charge is 2.35. The van der Waals surface area contributed by atoms with Gasteiger partial charge in [0.1, 0.15) is 0 Å². The summed E-state index contributed by atoms with van der Waals surface area (Å²) in [4.78, 5) is 0. The van der Waals surface area contributed by atoms with E-state index in [-0.39, 0.29) is 0 Å². The van der Waals surface area contributed by atoms with Crippen molar-refractivity contribution in [1.82, 2.24) is 0 Å². The molecule has 0 bridgehead atoms. The van der Waals surface area contributed by atoms with Crippen LogP contribution in [0, 0.1) is 0 Å². The first-order valence-corrected chi connectivity index (χ1v) is 32.6. The van der Waals surface area contributed by atoms with Crippen molar-refractivity contribution >= 4 is 43.1 Å². The molecular weight excluding hydrogens is 1130 g/mol. The second-order valence-corrected chi connectivity index (χ2v) is 24.4. The number of fused-ring (bicyclic) bond motifs is 4. The Morgan fingerprint density at radius 2 is 0.266 bits per heavy atom. The lowest BCUT2D eigenvalue weighted by molar-refractivity contribution is 1.52. The molecule has 438 valence electrons. The molecule has 0 saturated heterocycles. The van der Waals surface area contributed by atoms with Crippen LogP contribution in [0.4, 0.5) is 0 Å². The van der Waals surface area contributed by atoms with Crippen LogP contribution in [0.3, 0.4) is 0 Å². The zero-order valence-corrected chi connectivity index (χ0v) is 51.8. The third-order valence-electron chi connectivity index (χ3n) is 19.0. The fraction of sp³-hybridized carbons (Fsp3) is 0. The normalized spacial score (nSPS) is 11.4. The Balaban J connectivity index is 1.15. The van der Waals surface area contributed by atoms with Crippen molar-refractivity contribution < 1.29 is 0 Å². The number of rotatable bonds is 12. The molecule has 0 fully saturated rings. The second-order valence-electron chi connectivity index (χ2n) is 24.4. The number of benzene rings is 17. The average molecular weight is 1190 g/mol. The molecule has 94 heavy (non-hydrogen) atoms. The zero-order valence-electron chi connectivity index (χ0n) is 51.8. The van der Waals surface area contributed by atoms with Crippen LogP contribution >= 0.6 is 0 Å². The predicted octanol–water partition coefficient (Wildman–Crippen LogP) is 26.3. The van der Waals surface area contributed by atoms with Crippen LogP contribution in [0.25, 0.3) is 177 Å². The summed E-state index contributed by atoms with van der Waals surface area (Å²) in [6.45, 7) is 0. The van der Waals surface area contributed by atoms with Gasteiger partial charge in [0.2, 0.25) is 0 Å². The van der Waals surface area contributed by atoms with Gasteiger partial charge in [-0.1, -0.05) is 364 Å². The van der Waals surface area contributed by atoms with Crippen LogP contribution in [0.15, 0.2) is 376 Å². The molecule has 0 heteroatoms. The van der Waals surface area contributed by atoms with Gasteiger partial charge in [-0.15, -0.1) is 0 Å². The Kier molecular flexibility index (Phi) is 14.4. The fourth-order valence-electron chi connectivity index (χ4n) is 15.1. The molecule has 0 heterocycles. The molecule has 17 rings (SSSR count). The zero-order chi connectivity index (χ0) is 62.3. The van der Waals surface area contributed by atoms with Crippen molar-refractivity contribution in [1.29, 1.82) is 0 Å². The predicted molar refractivity (Wildman–Crippen MR) is 402 cm³/mol. The molecule has 0 aromatic heterocycles. The molecule has 0 amide bonds. The number of hydrogen-bond donors (Lipinski definition) is 0. The van der Waals surface area contributed by atoms with Crippen molar-refractivity contribution in [3.8, 4) is 134 Å². The Bertz CT molecular complexity index is 5230. The summed E-state index contributed by atoms with van der Waals surface area (Å²) < 4.78 is 0. The van der Waals surface area contributed by atoms with Gasteiger partial charge in [-0.05, 0) is 189 Å². The van der Waals surface area contributed by atoms with Gasteiger partial charge < -0.3 is 0 Å². The Morgan fingerprint density at radius 3 is 0.489 bits per heavy atom. The Morgan fingerprint density at radius 1 is 0.0957 bits per heavy atom. The van der Waals surface area contributed by atoms with Crippen LogP contribution in [0.1, 0.15) is 0 Å². The van der Waals surface area contributed by atoms with Crippen LogP contribution < -0.4 is 0 Å². The van der Waals surface area contributed by atoms with Crippen molar-refractivity contribution in [3.05, 3.63) is 376 Å². The van der Waals surface area contributed by atoms with E-state index >= 15 is 0 Å². The second kappa shape index (κ2) is 24.2. The van der Waals surface area contributed by atoms with Gasteiger partial charge in [-0.3, -0.25) is 0 Å². The first-order valence-electron chi connectivity index (χ1n) is 32.6. The van der Waals surface area contributed by atoms with Gasteiger partial charge >= 0.3 is 0 Å². The molecule has 17 aromatic carbocycles. The summed E-state index contributed by atoms with van der Waals surface area (Å²) >= 11 is 0. The fourth-order valence-corrected chi connectivity index (χ4v) is 15.1. The monoisotopic (exact) mass is 1190 g/mol. The van der Waals surface area contributed by atoms with Crippen molar-refractivity contribution in [2.75, 3.05) is 0 Å². The van der Waals surface area contributed by atoms with Crippen molar-refractivity contribution in [2.24, 2.45) is 0 Å². The van der Waals surface area contributed by atoms with E-state index in [4.69, 9.17) is 0 Å². The van der Waals surface area contributed by atoms with Crippen LogP contribution in [0.2, 0.25) is 0 Å². The summed E-state index contributed by atoms with van der Waals surface area (Å²) in [5.41, 5.74) is 27.8. The van der Waals surface area contributed by atoms with Gasteiger partial charge in [0.25, 0.3) is 0 Å². The largest absolute Gasteiger partial charge is 0.0622 e. The molecule has 0 nitrogen and oxygen atoms in total. The molecule has 0 unspecified atom stereocenters. The molecule has 0 aliphatic heterocycles. The smallest absolute Gasteiger partial charge is 0.000138 e. The lowest BCUT2D eigenvalue weighted by atomic mass is 9.71. The van der Waals surface area contributed by atoms with E-state index in [1.54, 1.807) is 0 Å². The van der Waals surface area contributed by atoms with E-state index in [2.05, 4.69) is 376 Å². The molecule has 0 aliphatic rings. The lowest BCUT2D eigenvalue weighted by Gasteiger charge is -2.32. The van der Waals surface area contributed by atoms with Gasteiger partial charge in [-0.2, -0.15) is 0 Å². The highest BCUT2D eigenvalue weighted by molar-refractivity contribution is 6.30. The Labute approximate surface area is 549 Å². The average Bonchev–Trinajstić information content (AvgIpc) is 0.698. The van der Waals surface area contributed by atoms with Crippen LogP contribution in [0.5, 0.6) is 0 Å². The van der Waals surface area contributed by atoms with Crippen LogP contribution in [-0.4, -0.2) is 0 Å². The molecular formula is C94H62. The standard InChI is InChI=1S/C94H62/c1-9-35-65(36-10-1)81-83(67-39-13-3-14-40-67)87(71-47-21-7-22-48-71)93(89(85(81)69-43-17-5-18-44-69)75-59-57-63-33-25-27-51-73(63)61-75)91-77-53-29-31-55-79(77)92(80-56-32-30-54-78(80)91)94-88(72-49-23-8-24-50-72)84(68-41-15-4-16-42-68)82(66-37-11-2-12-38-66)86(70-45-19-6-20-46-70)90(94)76-60-58-64-34-26-28-52-74(64)62-76/h1-62H. The third-order valence-corrected chi connectivity index (χ3v) is 19.0. The SMILES string of the molecule is c1ccc(-c2c(-c3ccccc3)c(-c3ccccc3)c(-c3c4ccccc4c(-c4c(-c5ccccc5)c(-c5ccccc5)c(-c5ccccc5)c(-c5ccccc5)c4-c4ccc5ccccc5c4)c4ccccc34)c(-c3ccc4ccccc4c3)c2-c2ccccc2)cc1. The maximum absolute atomic E-state index is 2.44. The summed E-state index contributed by atoms with van der Waals surface area (Å²) in [5.74, 6) is 0. The highest BCUT2D eigenvalue weighted by atomic mass is 14.4. The lowest BCUT2D eigenvalue weighted by Crippen LogP contribution is -2.04. The maximum atomic E-state index is 2.44. The molecule has 0 radical (unpaired) electrons. The highest BCUT2D eigenvalue weighted by Crippen LogP contribution is 2.62. The molecule has 0 spiro atoms. The van der Waals surface area contributed by atoms with Gasteiger partial charge in [0.05, 0.1) is 0 Å². The van der Waals surface area contributed by atoms with E-state index in [0.29, 0.717) is 0 Å². The van der Waals surface area contributed by atoms with E-state index in [1.165, 1.54) is 99.4 Å². The molecule has 0 atom stereocenters. The summed E-state index contributed by atoms with van der Waals surface area (Å²) in [7, 11) is 0. The van der Waals surface area contributed by atoms with Gasteiger partial charge in [0.15, 0.2) is 0 Å². The minimum atomic E-state index is 1.13. The van der Waals surface area contributed by atoms with E-state index < -0.39 is 0 Å². The summed E-state index contributed by atoms with van der Waals surface area (Å²) in [6.07, 6.45) is 0. The minimum absolute atomic E-state index is 1.13. The minimum Gasteiger partial charge on any atom is -0.0622 e. The van der Waals surface area contributed by atoms with Crippen molar-refractivity contribution in [3.63, 3.8) is 0 Å². The van der Waals surface area contributed by atoms with Gasteiger partial charge in [-0.25, -0.2) is 0 Å². The molecule has 17 aromatic rings. The summed E-state index contributed by atoms with van der Waals surface area (Å²) in [6, 6.07) is 140. The quantitative estimate of drug-likeness (QED) is 0.107. The number of hydrogen-bond acceptors (Lipinski definition) is 0. The molecule has 0 N–H and O–H groups in total. The van der Waals surface area contributed by atoms with E-state index in [1.807, 2.05) is 0 Å².